The number of halogens is 1. The quantitative estimate of drug-likeness (QED) is 0.837. The molecule has 2 aromatic rings. The number of rotatable bonds is 4. The van der Waals surface area contributed by atoms with Gasteiger partial charge in [0.2, 0.25) is 0 Å². The molecule has 0 fully saturated rings. The van der Waals surface area contributed by atoms with Crippen molar-refractivity contribution < 1.29 is 9.53 Å². The Balaban J connectivity index is 2.17. The Morgan fingerprint density at radius 3 is 2.55 bits per heavy atom. The van der Waals surface area contributed by atoms with Gasteiger partial charge in [0.25, 0.3) is 5.91 Å². The highest BCUT2D eigenvalue weighted by atomic mass is 35.5. The van der Waals surface area contributed by atoms with Crippen molar-refractivity contribution in [3.05, 3.63) is 58.6 Å². The van der Waals surface area contributed by atoms with Crippen molar-refractivity contribution in [2.45, 2.75) is 5.75 Å². The van der Waals surface area contributed by atoms with Gasteiger partial charge in [-0.15, -0.1) is 0 Å². The van der Waals surface area contributed by atoms with Crippen molar-refractivity contribution in [1.29, 1.82) is 0 Å². The van der Waals surface area contributed by atoms with Crippen molar-refractivity contribution in [1.82, 2.24) is 0 Å². The van der Waals surface area contributed by atoms with Crippen LogP contribution in [0.25, 0.3) is 0 Å². The molecule has 0 aliphatic rings. The van der Waals surface area contributed by atoms with Gasteiger partial charge < -0.3 is 10.1 Å². The first-order chi connectivity index (χ1) is 9.63. The second kappa shape index (κ2) is 6.68. The molecule has 0 aliphatic heterocycles. The monoisotopic (exact) mass is 307 g/mol. The van der Waals surface area contributed by atoms with Gasteiger partial charge in [-0.25, -0.2) is 0 Å². The summed E-state index contributed by atoms with van der Waals surface area (Å²) in [6, 6.07) is 12.2. The number of carbonyl (C=O) groups excluding carboxylic acids is 1. The van der Waals surface area contributed by atoms with Crippen LogP contribution < -0.4 is 10.1 Å². The summed E-state index contributed by atoms with van der Waals surface area (Å²) in [5, 5.41) is 3.42. The lowest BCUT2D eigenvalue weighted by molar-refractivity contribution is 0.102. The molecule has 0 aliphatic carbocycles. The maximum Gasteiger partial charge on any atom is 0.255 e. The highest BCUT2D eigenvalue weighted by Crippen LogP contribution is 2.24. The predicted molar refractivity (Wildman–Crippen MR) is 85.1 cm³/mol. The summed E-state index contributed by atoms with van der Waals surface area (Å²) in [4.78, 5) is 12.1. The molecule has 1 amide bonds. The standard InChI is InChI=1S/C15H14ClNO2S/c1-19-14-8-13(7-4-11(14)9-20)17-15(18)10-2-5-12(16)6-3-10/h2-8,20H,9H2,1H3,(H,17,18). The summed E-state index contributed by atoms with van der Waals surface area (Å²) in [5.74, 6) is 1.09. The van der Waals surface area contributed by atoms with Crippen LogP contribution in [0, 0.1) is 0 Å². The van der Waals surface area contributed by atoms with E-state index in [1.807, 2.05) is 12.1 Å². The predicted octanol–water partition coefficient (Wildman–Crippen LogP) is 4.03. The highest BCUT2D eigenvalue weighted by Gasteiger charge is 2.08. The number of anilines is 1. The Labute approximate surface area is 128 Å². The van der Waals surface area contributed by atoms with Gasteiger partial charge in [0, 0.05) is 33.7 Å². The Bertz CT molecular complexity index is 614. The minimum Gasteiger partial charge on any atom is -0.496 e. The first kappa shape index (κ1) is 14.8. The van der Waals surface area contributed by atoms with Crippen LogP contribution in [-0.2, 0) is 5.75 Å². The lowest BCUT2D eigenvalue weighted by atomic mass is 10.1. The number of methoxy groups -OCH3 is 1. The SMILES string of the molecule is COc1cc(NC(=O)c2ccc(Cl)cc2)ccc1CS. The summed E-state index contributed by atoms with van der Waals surface area (Å²) in [7, 11) is 1.59. The van der Waals surface area contributed by atoms with Crippen LogP contribution in [0.1, 0.15) is 15.9 Å². The Hall–Kier alpha value is -1.65. The minimum atomic E-state index is -0.192. The number of hydrogen-bond acceptors (Lipinski definition) is 3. The van der Waals surface area contributed by atoms with E-state index in [9.17, 15) is 4.79 Å². The zero-order chi connectivity index (χ0) is 14.5. The third-order valence-electron chi connectivity index (χ3n) is 2.82. The average molecular weight is 308 g/mol. The van der Waals surface area contributed by atoms with Crippen LogP contribution in [-0.4, -0.2) is 13.0 Å². The molecule has 2 rings (SSSR count). The second-order valence-corrected chi connectivity index (χ2v) is 4.90. The molecule has 0 heterocycles. The number of hydrogen-bond donors (Lipinski definition) is 2. The molecule has 2 aromatic carbocycles. The fourth-order valence-corrected chi connectivity index (χ4v) is 2.14. The van der Waals surface area contributed by atoms with E-state index in [0.29, 0.717) is 27.8 Å². The molecule has 104 valence electrons. The molecule has 0 aromatic heterocycles. The smallest absolute Gasteiger partial charge is 0.255 e. The molecule has 0 saturated carbocycles. The van der Waals surface area contributed by atoms with Gasteiger partial charge >= 0.3 is 0 Å². The third-order valence-corrected chi connectivity index (χ3v) is 3.41. The summed E-state index contributed by atoms with van der Waals surface area (Å²) >= 11 is 10.0. The first-order valence-corrected chi connectivity index (χ1v) is 7.00. The van der Waals surface area contributed by atoms with Gasteiger partial charge in [-0.3, -0.25) is 4.79 Å². The first-order valence-electron chi connectivity index (χ1n) is 5.98. The lowest BCUT2D eigenvalue weighted by Gasteiger charge is -2.10. The number of thiol groups is 1. The van der Waals surface area contributed by atoms with E-state index in [2.05, 4.69) is 17.9 Å². The molecule has 0 spiro atoms. The van der Waals surface area contributed by atoms with Crippen LogP contribution in [0.2, 0.25) is 5.02 Å². The van der Waals surface area contributed by atoms with E-state index >= 15 is 0 Å². The van der Waals surface area contributed by atoms with Crippen molar-refractivity contribution in [2.75, 3.05) is 12.4 Å². The molecule has 0 atom stereocenters. The molecule has 0 saturated heterocycles. The van der Waals surface area contributed by atoms with Crippen molar-refractivity contribution in [2.24, 2.45) is 0 Å². The van der Waals surface area contributed by atoms with E-state index in [4.69, 9.17) is 16.3 Å². The summed E-state index contributed by atoms with van der Waals surface area (Å²) in [6.45, 7) is 0. The minimum absolute atomic E-state index is 0.192. The second-order valence-electron chi connectivity index (χ2n) is 4.15. The topological polar surface area (TPSA) is 38.3 Å². The Morgan fingerprint density at radius 2 is 1.95 bits per heavy atom. The maximum absolute atomic E-state index is 12.1. The molecule has 0 unspecified atom stereocenters. The van der Waals surface area contributed by atoms with Gasteiger partial charge in [0.1, 0.15) is 5.75 Å². The Kier molecular flexibility index (Phi) is 4.93. The highest BCUT2D eigenvalue weighted by molar-refractivity contribution is 7.79. The molecule has 0 bridgehead atoms. The van der Waals surface area contributed by atoms with Crippen LogP contribution in [0.4, 0.5) is 5.69 Å². The number of nitrogens with one attached hydrogen (secondary N) is 1. The largest absolute Gasteiger partial charge is 0.496 e. The maximum atomic E-state index is 12.1. The fourth-order valence-electron chi connectivity index (χ4n) is 1.76. The lowest BCUT2D eigenvalue weighted by Crippen LogP contribution is -2.11. The molecule has 3 nitrogen and oxygen atoms in total. The molecular formula is C15H14ClNO2S. The molecule has 0 radical (unpaired) electrons. The van der Waals surface area contributed by atoms with Gasteiger partial charge in [-0.2, -0.15) is 12.6 Å². The number of amides is 1. The summed E-state index contributed by atoms with van der Waals surface area (Å²) in [6.07, 6.45) is 0. The van der Waals surface area contributed by atoms with Crippen LogP contribution in [0.15, 0.2) is 42.5 Å². The van der Waals surface area contributed by atoms with Crippen LogP contribution in [0.3, 0.4) is 0 Å². The van der Waals surface area contributed by atoms with E-state index < -0.39 is 0 Å². The van der Waals surface area contributed by atoms with Gasteiger partial charge in [-0.1, -0.05) is 17.7 Å². The van der Waals surface area contributed by atoms with Crippen LogP contribution in [0.5, 0.6) is 5.75 Å². The van der Waals surface area contributed by atoms with Crippen molar-refractivity contribution in [3.63, 3.8) is 0 Å². The zero-order valence-electron chi connectivity index (χ0n) is 10.9. The molecule has 1 N–H and O–H groups in total. The van der Waals surface area contributed by atoms with Gasteiger partial charge in [0.05, 0.1) is 7.11 Å². The van der Waals surface area contributed by atoms with Gasteiger partial charge in [0.15, 0.2) is 0 Å². The van der Waals surface area contributed by atoms with Gasteiger partial charge in [-0.05, 0) is 30.3 Å². The number of benzene rings is 2. The third kappa shape index (κ3) is 3.46. The molecule has 20 heavy (non-hydrogen) atoms. The average Bonchev–Trinajstić information content (AvgIpc) is 2.47. The molecular weight excluding hydrogens is 294 g/mol. The fraction of sp³-hybridized carbons (Fsp3) is 0.133. The molecule has 5 heteroatoms. The Morgan fingerprint density at radius 1 is 1.25 bits per heavy atom. The van der Waals surface area contributed by atoms with E-state index in [0.717, 1.165) is 5.56 Å². The number of ether oxygens (including phenoxy) is 1. The van der Waals surface area contributed by atoms with Crippen molar-refractivity contribution in [3.8, 4) is 5.75 Å². The van der Waals surface area contributed by atoms with E-state index in [1.165, 1.54) is 0 Å². The zero-order valence-corrected chi connectivity index (χ0v) is 12.5. The van der Waals surface area contributed by atoms with Crippen LogP contribution >= 0.6 is 24.2 Å². The number of carbonyl (C=O) groups is 1. The normalized spacial score (nSPS) is 10.2. The van der Waals surface area contributed by atoms with Crippen molar-refractivity contribution >= 4 is 35.8 Å². The summed E-state index contributed by atoms with van der Waals surface area (Å²) in [5.41, 5.74) is 2.19. The van der Waals surface area contributed by atoms with E-state index in [1.54, 1.807) is 37.4 Å². The van der Waals surface area contributed by atoms with E-state index in [-0.39, 0.29) is 5.91 Å². The summed E-state index contributed by atoms with van der Waals surface area (Å²) < 4.78 is 5.26.